The van der Waals surface area contributed by atoms with Crippen molar-refractivity contribution < 1.29 is 14.3 Å². The van der Waals surface area contributed by atoms with E-state index in [1.54, 1.807) is 29.9 Å². The second kappa shape index (κ2) is 9.50. The Balaban J connectivity index is 1.65. The first-order valence-corrected chi connectivity index (χ1v) is 10.9. The van der Waals surface area contributed by atoms with Gasteiger partial charge in [-0.15, -0.1) is 0 Å². The number of aliphatic hydroxyl groups excluding tert-OH is 1. The van der Waals surface area contributed by atoms with Gasteiger partial charge in [0.1, 0.15) is 11.6 Å². The van der Waals surface area contributed by atoms with Crippen LogP contribution in [-0.4, -0.2) is 38.3 Å². The van der Waals surface area contributed by atoms with Gasteiger partial charge in [0.25, 0.3) is 0 Å². The third kappa shape index (κ3) is 5.09. The maximum atomic E-state index is 14.3. The average Bonchev–Trinajstić information content (AvgIpc) is 3.24. The maximum Gasteiger partial charge on any atom is 0.163 e. The molecular weight excluding hydrogens is 419 g/mol. The van der Waals surface area contributed by atoms with Gasteiger partial charge in [0.15, 0.2) is 5.78 Å². The predicted molar refractivity (Wildman–Crippen MR) is 127 cm³/mol. The van der Waals surface area contributed by atoms with Crippen LogP contribution in [0.4, 0.5) is 10.2 Å². The van der Waals surface area contributed by atoms with Crippen LogP contribution in [0.1, 0.15) is 46.4 Å². The molecule has 170 valence electrons. The highest BCUT2D eigenvalue weighted by molar-refractivity contribution is 6.00. The van der Waals surface area contributed by atoms with Gasteiger partial charge in [0.2, 0.25) is 0 Å². The third-order valence-corrected chi connectivity index (χ3v) is 5.79. The van der Waals surface area contributed by atoms with Crippen LogP contribution in [0, 0.1) is 12.7 Å². The summed E-state index contributed by atoms with van der Waals surface area (Å²) in [7, 11) is 1.82. The van der Waals surface area contributed by atoms with Gasteiger partial charge < -0.3 is 10.4 Å². The maximum absolute atomic E-state index is 14.3. The summed E-state index contributed by atoms with van der Waals surface area (Å²) in [6.07, 6.45) is 3.73. The Morgan fingerprint density at radius 2 is 1.97 bits per heavy atom. The number of aromatic nitrogens is 3. The highest BCUT2D eigenvalue weighted by Crippen LogP contribution is 2.30. The first kappa shape index (κ1) is 22.6. The Morgan fingerprint density at radius 1 is 1.15 bits per heavy atom. The SMILES string of the molecule is Cc1ccc([C@@H](CC(=O)c2ccc3cnc(N[C@@H](C)CO)cc3c2)c2ccn(C)n2)cc1F. The van der Waals surface area contributed by atoms with Crippen molar-refractivity contribution in [3.05, 3.63) is 89.1 Å². The molecule has 0 radical (unpaired) electrons. The van der Waals surface area contributed by atoms with Crippen molar-refractivity contribution in [3.63, 3.8) is 0 Å². The molecule has 0 spiro atoms. The van der Waals surface area contributed by atoms with Gasteiger partial charge in [-0.25, -0.2) is 9.37 Å². The zero-order valence-corrected chi connectivity index (χ0v) is 18.9. The fourth-order valence-corrected chi connectivity index (χ4v) is 3.83. The number of fused-ring (bicyclic) bond motifs is 1. The van der Waals surface area contributed by atoms with Crippen LogP contribution in [0.15, 0.2) is 60.9 Å². The molecule has 0 aliphatic heterocycles. The van der Waals surface area contributed by atoms with E-state index in [9.17, 15) is 14.3 Å². The summed E-state index contributed by atoms with van der Waals surface area (Å²) in [5.41, 5.74) is 2.58. The standard InChI is InChI=1S/C26H27FN4O2/c1-16-4-5-18(11-23(16)27)22(24-8-9-31(3)30-24)13-25(33)19-6-7-20-14-28-26(12-21(20)10-19)29-17(2)15-32/h4-12,14,17,22,32H,13,15H2,1-3H3,(H,28,29)/t17-,22+/m0/s1. The smallest absolute Gasteiger partial charge is 0.163 e. The van der Waals surface area contributed by atoms with Crippen LogP contribution in [0.3, 0.4) is 0 Å². The van der Waals surface area contributed by atoms with E-state index in [0.29, 0.717) is 16.9 Å². The number of carbonyl (C=O) groups excluding carboxylic acids is 1. The van der Waals surface area contributed by atoms with Crippen LogP contribution < -0.4 is 5.32 Å². The second-order valence-corrected chi connectivity index (χ2v) is 8.46. The number of carbonyl (C=O) groups is 1. The van der Waals surface area contributed by atoms with E-state index in [4.69, 9.17) is 0 Å². The molecule has 7 heteroatoms. The quantitative estimate of drug-likeness (QED) is 0.386. The highest BCUT2D eigenvalue weighted by atomic mass is 19.1. The molecule has 2 N–H and O–H groups in total. The monoisotopic (exact) mass is 446 g/mol. The summed E-state index contributed by atoms with van der Waals surface area (Å²) in [6.45, 7) is 3.57. The van der Waals surface area contributed by atoms with E-state index in [1.165, 1.54) is 6.07 Å². The Hall–Kier alpha value is -3.58. The number of hydrogen-bond acceptors (Lipinski definition) is 5. The minimum absolute atomic E-state index is 0.00719. The molecule has 6 nitrogen and oxygen atoms in total. The molecule has 0 saturated heterocycles. The number of aliphatic hydroxyl groups is 1. The largest absolute Gasteiger partial charge is 0.394 e. The molecule has 0 amide bonds. The van der Waals surface area contributed by atoms with E-state index < -0.39 is 0 Å². The number of anilines is 1. The summed E-state index contributed by atoms with van der Waals surface area (Å²) >= 11 is 0. The van der Waals surface area contributed by atoms with Crippen molar-refractivity contribution in [3.8, 4) is 0 Å². The Kier molecular flexibility index (Phi) is 6.51. The molecule has 2 heterocycles. The van der Waals surface area contributed by atoms with Crippen LogP contribution >= 0.6 is 0 Å². The summed E-state index contributed by atoms with van der Waals surface area (Å²) in [5, 5.41) is 18.7. The van der Waals surface area contributed by atoms with Crippen LogP contribution in [0.25, 0.3) is 10.8 Å². The van der Waals surface area contributed by atoms with Crippen molar-refractivity contribution in [2.24, 2.45) is 7.05 Å². The van der Waals surface area contributed by atoms with E-state index >= 15 is 0 Å². The topological polar surface area (TPSA) is 80.0 Å². The molecule has 0 bridgehead atoms. The van der Waals surface area contributed by atoms with Gasteiger partial charge >= 0.3 is 0 Å². The van der Waals surface area contributed by atoms with Crippen LogP contribution in [-0.2, 0) is 7.05 Å². The first-order chi connectivity index (χ1) is 15.8. The molecule has 0 fully saturated rings. The molecule has 4 rings (SSSR count). The van der Waals surface area contributed by atoms with Gasteiger partial charge in [-0.1, -0.05) is 24.3 Å². The molecular formula is C26H27FN4O2. The average molecular weight is 447 g/mol. The molecule has 4 aromatic rings. The highest BCUT2D eigenvalue weighted by Gasteiger charge is 2.22. The lowest BCUT2D eigenvalue weighted by Gasteiger charge is -2.16. The minimum Gasteiger partial charge on any atom is -0.394 e. The summed E-state index contributed by atoms with van der Waals surface area (Å²) in [6, 6.07) is 14.2. The van der Waals surface area contributed by atoms with Gasteiger partial charge in [-0.05, 0) is 54.6 Å². The third-order valence-electron chi connectivity index (χ3n) is 5.79. The molecule has 33 heavy (non-hydrogen) atoms. The van der Waals surface area contributed by atoms with Crippen molar-refractivity contribution >= 4 is 22.4 Å². The zero-order chi connectivity index (χ0) is 23.5. The lowest BCUT2D eigenvalue weighted by Crippen LogP contribution is -2.19. The second-order valence-electron chi connectivity index (χ2n) is 8.46. The molecule has 2 atom stereocenters. The number of Topliss-reactive ketones (excluding diaryl/α,β-unsaturated/α-hetero) is 1. The fourth-order valence-electron chi connectivity index (χ4n) is 3.83. The molecule has 0 saturated carbocycles. The number of rotatable bonds is 8. The predicted octanol–water partition coefficient (Wildman–Crippen LogP) is 4.61. The normalized spacial score (nSPS) is 13.1. The van der Waals surface area contributed by atoms with Crippen LogP contribution in [0.2, 0.25) is 0 Å². The van der Waals surface area contributed by atoms with E-state index in [0.717, 1.165) is 22.0 Å². The zero-order valence-electron chi connectivity index (χ0n) is 18.9. The van der Waals surface area contributed by atoms with E-state index in [2.05, 4.69) is 15.4 Å². The van der Waals surface area contributed by atoms with Gasteiger partial charge in [-0.3, -0.25) is 9.48 Å². The summed E-state index contributed by atoms with van der Waals surface area (Å²) in [4.78, 5) is 17.7. The molecule has 0 aliphatic carbocycles. The summed E-state index contributed by atoms with van der Waals surface area (Å²) < 4.78 is 16.0. The van der Waals surface area contributed by atoms with Crippen molar-refractivity contribution in [1.29, 1.82) is 0 Å². The fraction of sp³-hybridized carbons (Fsp3) is 0.269. The number of aryl methyl sites for hydroxylation is 2. The number of nitrogens with one attached hydrogen (secondary N) is 1. The Labute approximate surface area is 192 Å². The van der Waals surface area contributed by atoms with Crippen molar-refractivity contribution in [2.45, 2.75) is 32.2 Å². The number of nitrogens with zero attached hydrogens (tertiary/aromatic N) is 3. The van der Waals surface area contributed by atoms with Crippen molar-refractivity contribution in [2.75, 3.05) is 11.9 Å². The molecule has 0 unspecified atom stereocenters. The first-order valence-electron chi connectivity index (χ1n) is 10.9. The number of hydrogen-bond donors (Lipinski definition) is 2. The number of benzene rings is 2. The van der Waals surface area contributed by atoms with Crippen molar-refractivity contribution in [1.82, 2.24) is 14.8 Å². The number of pyridine rings is 1. The van der Waals surface area contributed by atoms with E-state index in [-0.39, 0.29) is 36.6 Å². The molecule has 2 aromatic carbocycles. The lowest BCUT2D eigenvalue weighted by molar-refractivity contribution is 0.0977. The lowest BCUT2D eigenvalue weighted by atomic mass is 9.88. The molecule has 2 aromatic heterocycles. The van der Waals surface area contributed by atoms with E-state index in [1.807, 2.05) is 50.5 Å². The Morgan fingerprint density at radius 3 is 2.67 bits per heavy atom. The number of halogens is 1. The van der Waals surface area contributed by atoms with Gasteiger partial charge in [0, 0.05) is 48.8 Å². The minimum atomic E-state index is -0.357. The number of ketones is 1. The van der Waals surface area contributed by atoms with Gasteiger partial charge in [-0.2, -0.15) is 5.10 Å². The Bertz CT molecular complexity index is 1300. The van der Waals surface area contributed by atoms with Gasteiger partial charge in [0.05, 0.1) is 12.3 Å². The molecule has 0 aliphatic rings. The summed E-state index contributed by atoms with van der Waals surface area (Å²) in [5.74, 6) is -0.0699. The van der Waals surface area contributed by atoms with Crippen LogP contribution in [0.5, 0.6) is 0 Å².